The Labute approximate surface area is 197 Å². The van der Waals surface area contributed by atoms with E-state index in [1.165, 1.54) is 30.3 Å². The number of hydrogen-bond donors (Lipinski definition) is 2. The van der Waals surface area contributed by atoms with Gasteiger partial charge in [0.15, 0.2) is 0 Å². The lowest BCUT2D eigenvalue weighted by Crippen LogP contribution is -2.38. The van der Waals surface area contributed by atoms with Gasteiger partial charge in [0.2, 0.25) is 0 Å². The van der Waals surface area contributed by atoms with Crippen molar-refractivity contribution in [3.05, 3.63) is 79.6 Å². The Bertz CT molecular complexity index is 1170. The molecule has 0 spiro atoms. The second-order valence-corrected chi connectivity index (χ2v) is 8.74. The average molecular weight is 553 g/mol. The van der Waals surface area contributed by atoms with Crippen LogP contribution in [0, 0.1) is 3.57 Å². The molecule has 0 aliphatic carbocycles. The standard InChI is InChI=1S/C23H22F2IN3O3/c1-14(10-11-30)27-21(31)19-13-20(15-6-8-16(9-7-15)23(2,24)25)28-29(22(19)32)18-5-3-4-17(26)12-18/h3-9,12-14,30H,10-11H2,1-2H3,(H,27,31). The van der Waals surface area contributed by atoms with E-state index in [-0.39, 0.29) is 29.5 Å². The van der Waals surface area contributed by atoms with Gasteiger partial charge in [-0.25, -0.2) is 8.78 Å². The molecule has 3 aromatic rings. The third-order valence-electron chi connectivity index (χ3n) is 4.84. The number of nitrogens with zero attached hydrogens (tertiary/aromatic N) is 2. The number of halogens is 3. The van der Waals surface area contributed by atoms with Crippen LogP contribution >= 0.6 is 22.6 Å². The molecule has 0 saturated heterocycles. The molecule has 9 heteroatoms. The third kappa shape index (κ3) is 5.57. The molecule has 2 aromatic carbocycles. The summed E-state index contributed by atoms with van der Waals surface area (Å²) in [5.41, 5.74) is 0.342. The van der Waals surface area contributed by atoms with Crippen molar-refractivity contribution in [1.29, 1.82) is 0 Å². The van der Waals surface area contributed by atoms with E-state index in [9.17, 15) is 18.4 Å². The minimum Gasteiger partial charge on any atom is -0.396 e. The summed E-state index contributed by atoms with van der Waals surface area (Å²) < 4.78 is 29.2. The minimum atomic E-state index is -2.99. The first kappa shape index (κ1) is 24.0. The van der Waals surface area contributed by atoms with Gasteiger partial charge in [0, 0.05) is 34.3 Å². The number of nitrogens with one attached hydrogen (secondary N) is 1. The number of carbonyl (C=O) groups is 1. The fourth-order valence-electron chi connectivity index (χ4n) is 3.08. The lowest BCUT2D eigenvalue weighted by molar-refractivity contribution is 0.0175. The van der Waals surface area contributed by atoms with Crippen molar-refractivity contribution < 1.29 is 18.7 Å². The maximum absolute atomic E-state index is 13.6. The van der Waals surface area contributed by atoms with Gasteiger partial charge in [0.1, 0.15) is 5.56 Å². The molecular formula is C23H22F2IN3O3. The molecule has 1 heterocycles. The van der Waals surface area contributed by atoms with E-state index in [1.807, 2.05) is 6.07 Å². The zero-order valence-corrected chi connectivity index (χ0v) is 19.6. The summed E-state index contributed by atoms with van der Waals surface area (Å²) in [5, 5.41) is 16.2. The number of alkyl halides is 2. The van der Waals surface area contributed by atoms with Crippen molar-refractivity contribution in [2.45, 2.75) is 32.2 Å². The van der Waals surface area contributed by atoms with Crippen LogP contribution in [0.1, 0.15) is 36.2 Å². The predicted octanol–water partition coefficient (Wildman–Crippen LogP) is 4.12. The number of benzene rings is 2. The first-order valence-electron chi connectivity index (χ1n) is 9.91. The Hall–Kier alpha value is -2.66. The van der Waals surface area contributed by atoms with Gasteiger partial charge >= 0.3 is 0 Å². The highest BCUT2D eigenvalue weighted by atomic mass is 127. The zero-order valence-electron chi connectivity index (χ0n) is 17.5. The molecular weight excluding hydrogens is 531 g/mol. The molecule has 0 fully saturated rings. The molecule has 3 rings (SSSR count). The van der Waals surface area contributed by atoms with Crippen LogP contribution in [0.4, 0.5) is 8.78 Å². The summed E-state index contributed by atoms with van der Waals surface area (Å²) in [6.45, 7) is 2.43. The molecule has 0 radical (unpaired) electrons. The monoisotopic (exact) mass is 553 g/mol. The Kier molecular flexibility index (Phi) is 7.40. The van der Waals surface area contributed by atoms with Gasteiger partial charge in [-0.1, -0.05) is 30.3 Å². The maximum Gasteiger partial charge on any atom is 0.284 e. The number of rotatable bonds is 7. The second-order valence-electron chi connectivity index (χ2n) is 7.49. The molecule has 1 amide bonds. The largest absolute Gasteiger partial charge is 0.396 e. The van der Waals surface area contributed by atoms with Crippen LogP contribution in [0.15, 0.2) is 59.4 Å². The van der Waals surface area contributed by atoms with Gasteiger partial charge in [0.05, 0.1) is 11.4 Å². The number of carbonyl (C=O) groups excluding carboxylic acids is 1. The maximum atomic E-state index is 13.6. The molecule has 32 heavy (non-hydrogen) atoms. The van der Waals surface area contributed by atoms with E-state index < -0.39 is 17.4 Å². The minimum absolute atomic E-state index is 0.107. The second kappa shape index (κ2) is 9.86. The van der Waals surface area contributed by atoms with Gasteiger partial charge in [-0.3, -0.25) is 9.59 Å². The van der Waals surface area contributed by atoms with E-state index >= 15 is 0 Å². The molecule has 6 nitrogen and oxygen atoms in total. The number of aliphatic hydroxyl groups is 1. The van der Waals surface area contributed by atoms with Crippen LogP contribution in [0.2, 0.25) is 0 Å². The Balaban J connectivity index is 2.14. The fraction of sp³-hybridized carbons (Fsp3) is 0.261. The summed E-state index contributed by atoms with van der Waals surface area (Å²) in [5.74, 6) is -3.59. The average Bonchev–Trinajstić information content (AvgIpc) is 2.73. The molecule has 1 atom stereocenters. The quantitative estimate of drug-likeness (QED) is 0.432. The van der Waals surface area contributed by atoms with Crippen LogP contribution in [-0.2, 0) is 5.92 Å². The Morgan fingerprint density at radius 3 is 2.50 bits per heavy atom. The van der Waals surface area contributed by atoms with Crippen molar-refractivity contribution in [2.75, 3.05) is 6.61 Å². The van der Waals surface area contributed by atoms with E-state index in [2.05, 4.69) is 33.0 Å². The SMILES string of the molecule is CC(CCO)NC(=O)c1cc(-c2ccc(C(C)(F)F)cc2)nn(-c2cccc(I)c2)c1=O. The first-order chi connectivity index (χ1) is 15.1. The van der Waals surface area contributed by atoms with Gasteiger partial charge in [-0.2, -0.15) is 9.78 Å². The summed E-state index contributed by atoms with van der Waals surface area (Å²) in [6.07, 6.45) is 0.335. The van der Waals surface area contributed by atoms with Crippen LogP contribution in [0.3, 0.4) is 0 Å². The molecule has 0 bridgehead atoms. The predicted molar refractivity (Wildman–Crippen MR) is 126 cm³/mol. The highest BCUT2D eigenvalue weighted by molar-refractivity contribution is 14.1. The van der Waals surface area contributed by atoms with Crippen LogP contribution in [0.25, 0.3) is 16.9 Å². The van der Waals surface area contributed by atoms with Crippen molar-refractivity contribution in [3.8, 4) is 16.9 Å². The lowest BCUT2D eigenvalue weighted by Gasteiger charge is -2.15. The van der Waals surface area contributed by atoms with Crippen molar-refractivity contribution in [2.24, 2.45) is 0 Å². The number of aliphatic hydroxyl groups excluding tert-OH is 1. The first-order valence-corrected chi connectivity index (χ1v) is 11.0. The molecule has 0 aliphatic rings. The highest BCUT2D eigenvalue weighted by Gasteiger charge is 2.24. The van der Waals surface area contributed by atoms with Crippen LogP contribution in [0.5, 0.6) is 0 Å². The zero-order chi connectivity index (χ0) is 23.5. The number of hydrogen-bond acceptors (Lipinski definition) is 4. The molecule has 1 aromatic heterocycles. The van der Waals surface area contributed by atoms with Gasteiger partial charge < -0.3 is 10.4 Å². The topological polar surface area (TPSA) is 84.2 Å². The van der Waals surface area contributed by atoms with E-state index in [1.54, 1.807) is 25.1 Å². The summed E-state index contributed by atoms with van der Waals surface area (Å²) in [6, 6.07) is 13.6. The molecule has 168 valence electrons. The Morgan fingerprint density at radius 2 is 1.91 bits per heavy atom. The van der Waals surface area contributed by atoms with Crippen LogP contribution in [-0.4, -0.2) is 33.4 Å². The van der Waals surface area contributed by atoms with Crippen LogP contribution < -0.4 is 10.9 Å². The van der Waals surface area contributed by atoms with Crippen molar-refractivity contribution in [1.82, 2.24) is 15.1 Å². The molecule has 2 N–H and O–H groups in total. The van der Waals surface area contributed by atoms with Gasteiger partial charge in [-0.05, 0) is 60.2 Å². The Morgan fingerprint density at radius 1 is 1.22 bits per heavy atom. The summed E-state index contributed by atoms with van der Waals surface area (Å²) in [7, 11) is 0. The molecule has 0 aliphatic heterocycles. The third-order valence-corrected chi connectivity index (χ3v) is 5.51. The van der Waals surface area contributed by atoms with E-state index in [0.29, 0.717) is 17.7 Å². The van der Waals surface area contributed by atoms with E-state index in [4.69, 9.17) is 5.11 Å². The summed E-state index contributed by atoms with van der Waals surface area (Å²) in [4.78, 5) is 26.0. The molecule has 1 unspecified atom stereocenters. The van der Waals surface area contributed by atoms with Crippen molar-refractivity contribution in [3.63, 3.8) is 0 Å². The lowest BCUT2D eigenvalue weighted by atomic mass is 10.0. The van der Waals surface area contributed by atoms with E-state index in [0.717, 1.165) is 15.2 Å². The highest BCUT2D eigenvalue weighted by Crippen LogP contribution is 2.29. The smallest absolute Gasteiger partial charge is 0.284 e. The number of amides is 1. The number of aromatic nitrogens is 2. The molecule has 0 saturated carbocycles. The summed E-state index contributed by atoms with van der Waals surface area (Å²) >= 11 is 2.11. The van der Waals surface area contributed by atoms with Gasteiger partial charge in [0.25, 0.3) is 17.4 Å². The van der Waals surface area contributed by atoms with Gasteiger partial charge in [-0.15, -0.1) is 0 Å². The fourth-order valence-corrected chi connectivity index (χ4v) is 3.61. The normalized spacial score (nSPS) is 12.4. The van der Waals surface area contributed by atoms with Crippen molar-refractivity contribution >= 4 is 28.5 Å².